The molecule has 2 saturated carbocycles. The predicted molar refractivity (Wildman–Crippen MR) is 133 cm³/mol. The molecule has 2 aliphatic rings. The van der Waals surface area contributed by atoms with Crippen LogP contribution in [-0.4, -0.2) is 35.6 Å². The number of allylic oxidation sites excluding steroid dienone is 1. The fourth-order valence-corrected chi connectivity index (χ4v) is 4.80. The standard InChI is InChI=1S/C27H27F4N3O4/c28-23-13-19(38-27(29,30)31)7-9-22(23)26(10-11-26)25(37)34-18-6-8-20(21(12-18)24(35)36)16(14-32)15-33-17-4-2-1-3-5-17/h6-9,12-15,17,32-33H,1-5,10-11H2,(H,34,37)(H,35,36)/b16-15+,32-14?. The van der Waals surface area contributed by atoms with Gasteiger partial charge in [-0.3, -0.25) is 4.79 Å². The Labute approximate surface area is 216 Å². The number of amides is 1. The summed E-state index contributed by atoms with van der Waals surface area (Å²) in [5.74, 6) is -3.60. The highest BCUT2D eigenvalue weighted by Crippen LogP contribution is 2.50. The highest BCUT2D eigenvalue weighted by molar-refractivity contribution is 6.12. The van der Waals surface area contributed by atoms with E-state index < -0.39 is 35.2 Å². The van der Waals surface area contributed by atoms with Crippen molar-refractivity contribution < 1.29 is 37.0 Å². The first-order valence-corrected chi connectivity index (χ1v) is 12.2. The number of ether oxygens (including phenoxy) is 1. The molecular formula is C27H27F4N3O4. The van der Waals surface area contributed by atoms with Gasteiger partial charge in [-0.25, -0.2) is 9.18 Å². The third-order valence-electron chi connectivity index (χ3n) is 6.93. The molecular weight excluding hydrogens is 506 g/mol. The van der Waals surface area contributed by atoms with Crippen molar-refractivity contribution in [3.8, 4) is 5.75 Å². The third kappa shape index (κ3) is 6.15. The van der Waals surface area contributed by atoms with Crippen LogP contribution in [0, 0.1) is 11.2 Å². The van der Waals surface area contributed by atoms with Crippen molar-refractivity contribution in [2.45, 2.75) is 62.8 Å². The molecule has 4 rings (SSSR count). The van der Waals surface area contributed by atoms with Crippen LogP contribution in [-0.2, 0) is 10.2 Å². The number of hydrogen-bond acceptors (Lipinski definition) is 5. The lowest BCUT2D eigenvalue weighted by Crippen LogP contribution is -2.29. The molecule has 202 valence electrons. The minimum absolute atomic E-state index is 0.0672. The van der Waals surface area contributed by atoms with Gasteiger partial charge in [0.25, 0.3) is 0 Å². The zero-order valence-electron chi connectivity index (χ0n) is 20.3. The monoisotopic (exact) mass is 533 g/mol. The Balaban J connectivity index is 1.53. The molecule has 2 aliphatic carbocycles. The lowest BCUT2D eigenvalue weighted by atomic mass is 9.93. The van der Waals surface area contributed by atoms with Crippen LogP contribution in [0.25, 0.3) is 5.57 Å². The van der Waals surface area contributed by atoms with Crippen LogP contribution in [0.15, 0.2) is 42.6 Å². The first-order chi connectivity index (χ1) is 18.0. The lowest BCUT2D eigenvalue weighted by Gasteiger charge is -2.22. The summed E-state index contributed by atoms with van der Waals surface area (Å²) in [4.78, 5) is 25.1. The molecule has 0 unspecified atom stereocenters. The first-order valence-electron chi connectivity index (χ1n) is 12.2. The van der Waals surface area contributed by atoms with Gasteiger partial charge >= 0.3 is 12.3 Å². The van der Waals surface area contributed by atoms with Crippen LogP contribution in [0.1, 0.15) is 66.4 Å². The van der Waals surface area contributed by atoms with Gasteiger partial charge in [-0.1, -0.05) is 31.4 Å². The van der Waals surface area contributed by atoms with Gasteiger partial charge in [0.15, 0.2) is 0 Å². The Morgan fingerprint density at radius 1 is 1.05 bits per heavy atom. The summed E-state index contributed by atoms with van der Waals surface area (Å²) in [5.41, 5.74) is -0.666. The van der Waals surface area contributed by atoms with E-state index in [1.807, 2.05) is 0 Å². The first kappa shape index (κ1) is 27.2. The number of aromatic carboxylic acids is 1. The zero-order valence-corrected chi connectivity index (χ0v) is 20.3. The summed E-state index contributed by atoms with van der Waals surface area (Å²) in [6.45, 7) is 0. The van der Waals surface area contributed by atoms with Gasteiger partial charge in [0.05, 0.1) is 11.0 Å². The minimum Gasteiger partial charge on any atom is -0.478 e. The van der Waals surface area contributed by atoms with E-state index in [0.717, 1.165) is 44.0 Å². The second kappa shape index (κ2) is 10.8. The zero-order chi connectivity index (χ0) is 27.5. The third-order valence-corrected chi connectivity index (χ3v) is 6.93. The van der Waals surface area contributed by atoms with Gasteiger partial charge in [-0.05, 0) is 49.4 Å². The molecule has 0 saturated heterocycles. The summed E-state index contributed by atoms with van der Waals surface area (Å²) >= 11 is 0. The number of halogens is 4. The molecule has 1 amide bonds. The molecule has 0 atom stereocenters. The minimum atomic E-state index is -4.98. The Hall–Kier alpha value is -3.89. The maximum atomic E-state index is 14.7. The van der Waals surface area contributed by atoms with E-state index in [1.54, 1.807) is 6.20 Å². The largest absolute Gasteiger partial charge is 0.573 e. The van der Waals surface area contributed by atoms with Crippen molar-refractivity contribution >= 4 is 29.4 Å². The average Bonchev–Trinajstić information content (AvgIpc) is 3.66. The number of benzene rings is 2. The van der Waals surface area contributed by atoms with Gasteiger partial charge in [0.2, 0.25) is 5.91 Å². The number of hydrogen-bond donors (Lipinski definition) is 4. The Kier molecular flexibility index (Phi) is 7.75. The summed E-state index contributed by atoms with van der Waals surface area (Å²) < 4.78 is 55.7. The van der Waals surface area contributed by atoms with Crippen molar-refractivity contribution in [3.05, 3.63) is 65.1 Å². The van der Waals surface area contributed by atoms with E-state index >= 15 is 0 Å². The van der Waals surface area contributed by atoms with E-state index in [9.17, 15) is 32.3 Å². The highest BCUT2D eigenvalue weighted by Gasteiger charge is 2.53. The highest BCUT2D eigenvalue weighted by atomic mass is 19.4. The van der Waals surface area contributed by atoms with Gasteiger partial charge in [-0.2, -0.15) is 0 Å². The fourth-order valence-electron chi connectivity index (χ4n) is 4.80. The second-order valence-corrected chi connectivity index (χ2v) is 9.54. The summed E-state index contributed by atoms with van der Waals surface area (Å²) in [6.07, 6.45) is 3.66. The number of rotatable bonds is 9. The Morgan fingerprint density at radius 3 is 2.34 bits per heavy atom. The maximum absolute atomic E-state index is 14.7. The van der Waals surface area contributed by atoms with Crippen LogP contribution >= 0.6 is 0 Å². The Morgan fingerprint density at radius 2 is 1.76 bits per heavy atom. The summed E-state index contributed by atoms with van der Waals surface area (Å²) in [6, 6.07) is 7.13. The molecule has 2 aromatic rings. The van der Waals surface area contributed by atoms with E-state index in [-0.39, 0.29) is 35.7 Å². The molecule has 2 fully saturated rings. The number of carbonyl (C=O) groups excluding carboxylic acids is 1. The molecule has 0 radical (unpaired) electrons. The van der Waals surface area contributed by atoms with Crippen LogP contribution in [0.4, 0.5) is 23.2 Å². The average molecular weight is 534 g/mol. The molecule has 0 heterocycles. The van der Waals surface area contributed by atoms with Crippen molar-refractivity contribution in [2.75, 3.05) is 5.32 Å². The Bertz CT molecular complexity index is 1270. The molecule has 0 spiro atoms. The second-order valence-electron chi connectivity index (χ2n) is 9.54. The van der Waals surface area contributed by atoms with E-state index in [1.165, 1.54) is 24.6 Å². The SMILES string of the molecule is N=C/C(=C\NC1CCCCC1)c1ccc(NC(=O)C2(c3ccc(OC(F)(F)F)cc3F)CC2)cc1C(=O)O. The summed E-state index contributed by atoms with van der Waals surface area (Å²) in [5, 5.41) is 23.5. The van der Waals surface area contributed by atoms with Crippen molar-refractivity contribution in [1.82, 2.24) is 5.32 Å². The number of carbonyl (C=O) groups is 2. The van der Waals surface area contributed by atoms with Crippen LogP contribution < -0.4 is 15.4 Å². The number of nitrogens with one attached hydrogen (secondary N) is 3. The molecule has 11 heteroatoms. The van der Waals surface area contributed by atoms with Crippen molar-refractivity contribution in [3.63, 3.8) is 0 Å². The number of alkyl halides is 3. The smallest absolute Gasteiger partial charge is 0.478 e. The number of carboxylic acids is 1. The quantitative estimate of drug-likeness (QED) is 0.233. The molecule has 4 N–H and O–H groups in total. The summed E-state index contributed by atoms with van der Waals surface area (Å²) in [7, 11) is 0. The van der Waals surface area contributed by atoms with Gasteiger partial charge < -0.3 is 25.9 Å². The maximum Gasteiger partial charge on any atom is 0.573 e. The number of anilines is 1. The van der Waals surface area contributed by atoms with Crippen LogP contribution in [0.2, 0.25) is 0 Å². The topological polar surface area (TPSA) is 112 Å². The molecule has 0 aliphatic heterocycles. The lowest BCUT2D eigenvalue weighted by molar-refractivity contribution is -0.274. The molecule has 2 aromatic carbocycles. The van der Waals surface area contributed by atoms with Crippen LogP contribution in [0.5, 0.6) is 5.75 Å². The predicted octanol–water partition coefficient (Wildman–Crippen LogP) is 6.01. The fraction of sp³-hybridized carbons (Fsp3) is 0.370. The molecule has 38 heavy (non-hydrogen) atoms. The molecule has 0 aromatic heterocycles. The van der Waals surface area contributed by atoms with Crippen LogP contribution in [0.3, 0.4) is 0 Å². The van der Waals surface area contributed by atoms with Crippen molar-refractivity contribution in [1.29, 1.82) is 5.41 Å². The van der Waals surface area contributed by atoms with E-state index in [4.69, 9.17) is 5.41 Å². The van der Waals surface area contributed by atoms with Gasteiger partial charge in [0.1, 0.15) is 11.6 Å². The number of carboxylic acid groups (broad SMARTS) is 1. The molecule has 0 bridgehead atoms. The normalized spacial score (nSPS) is 17.4. The van der Waals surface area contributed by atoms with E-state index in [0.29, 0.717) is 17.2 Å². The van der Waals surface area contributed by atoms with Gasteiger partial charge in [0, 0.05) is 41.3 Å². The molecule has 7 nitrogen and oxygen atoms in total. The van der Waals surface area contributed by atoms with E-state index in [2.05, 4.69) is 15.4 Å². The van der Waals surface area contributed by atoms with Gasteiger partial charge in [-0.15, -0.1) is 13.2 Å². The van der Waals surface area contributed by atoms with Crippen molar-refractivity contribution in [2.24, 2.45) is 0 Å².